The molecule has 2 rings (SSSR count). The normalized spacial score (nSPS) is 18.3. The molecule has 2 heteroatoms. The van der Waals surface area contributed by atoms with Crippen LogP contribution in [0.5, 0.6) is 5.75 Å². The Morgan fingerprint density at radius 1 is 1.47 bits per heavy atom. The SMILES string of the molecule is COc1cccc(CC(Cl)C2CCC2)c1. The van der Waals surface area contributed by atoms with Crippen molar-refractivity contribution in [3.63, 3.8) is 0 Å². The van der Waals surface area contributed by atoms with Gasteiger partial charge in [-0.1, -0.05) is 18.6 Å². The van der Waals surface area contributed by atoms with Crippen molar-refractivity contribution in [1.82, 2.24) is 0 Å². The minimum absolute atomic E-state index is 0.297. The summed E-state index contributed by atoms with van der Waals surface area (Å²) in [5, 5.41) is 0.297. The predicted molar refractivity (Wildman–Crippen MR) is 63.7 cm³/mol. The van der Waals surface area contributed by atoms with Crippen molar-refractivity contribution < 1.29 is 4.74 Å². The maximum Gasteiger partial charge on any atom is 0.119 e. The van der Waals surface area contributed by atoms with Crippen molar-refractivity contribution in [1.29, 1.82) is 0 Å². The number of hydrogen-bond acceptors (Lipinski definition) is 1. The van der Waals surface area contributed by atoms with Crippen LogP contribution in [0.3, 0.4) is 0 Å². The Hall–Kier alpha value is -0.690. The first-order valence-corrected chi connectivity index (χ1v) is 6.00. The van der Waals surface area contributed by atoms with E-state index >= 15 is 0 Å². The van der Waals surface area contributed by atoms with Crippen LogP contribution in [-0.4, -0.2) is 12.5 Å². The fourth-order valence-electron chi connectivity index (χ4n) is 1.99. The predicted octanol–water partition coefficient (Wildman–Crippen LogP) is 3.65. The summed E-state index contributed by atoms with van der Waals surface area (Å²) in [6.07, 6.45) is 4.92. The van der Waals surface area contributed by atoms with Crippen LogP contribution in [0.4, 0.5) is 0 Å². The van der Waals surface area contributed by atoms with E-state index in [0.29, 0.717) is 5.38 Å². The molecular weight excluding hydrogens is 208 g/mol. The van der Waals surface area contributed by atoms with Crippen molar-refractivity contribution in [2.45, 2.75) is 31.1 Å². The number of methoxy groups -OCH3 is 1. The van der Waals surface area contributed by atoms with Crippen LogP contribution in [0.1, 0.15) is 24.8 Å². The molecule has 0 bridgehead atoms. The highest BCUT2D eigenvalue weighted by molar-refractivity contribution is 6.21. The Labute approximate surface area is 96.4 Å². The molecule has 0 aliphatic heterocycles. The number of halogens is 1. The smallest absolute Gasteiger partial charge is 0.119 e. The summed E-state index contributed by atoms with van der Waals surface area (Å²) in [6, 6.07) is 8.19. The molecule has 1 saturated carbocycles. The van der Waals surface area contributed by atoms with Gasteiger partial charge in [0.05, 0.1) is 7.11 Å². The number of ether oxygens (including phenoxy) is 1. The summed E-state index contributed by atoms with van der Waals surface area (Å²) in [5.41, 5.74) is 1.28. The third kappa shape index (κ3) is 2.66. The highest BCUT2D eigenvalue weighted by Crippen LogP contribution is 2.34. The quantitative estimate of drug-likeness (QED) is 0.710. The first-order valence-electron chi connectivity index (χ1n) is 5.56. The van der Waals surface area contributed by atoms with Crippen molar-refractivity contribution in [3.05, 3.63) is 29.8 Å². The van der Waals surface area contributed by atoms with Crippen LogP contribution in [0.25, 0.3) is 0 Å². The van der Waals surface area contributed by atoms with Gasteiger partial charge in [0.25, 0.3) is 0 Å². The van der Waals surface area contributed by atoms with Gasteiger partial charge in [-0.15, -0.1) is 11.6 Å². The van der Waals surface area contributed by atoms with Crippen molar-refractivity contribution in [2.24, 2.45) is 5.92 Å². The number of benzene rings is 1. The van der Waals surface area contributed by atoms with Crippen LogP contribution >= 0.6 is 11.6 Å². The minimum atomic E-state index is 0.297. The third-order valence-electron chi connectivity index (χ3n) is 3.23. The summed E-state index contributed by atoms with van der Waals surface area (Å²) in [6.45, 7) is 0. The van der Waals surface area contributed by atoms with Crippen molar-refractivity contribution in [3.8, 4) is 5.75 Å². The molecule has 0 heterocycles. The first kappa shape index (κ1) is 10.8. The summed E-state index contributed by atoms with van der Waals surface area (Å²) < 4.78 is 5.19. The second kappa shape index (κ2) is 4.89. The molecule has 0 saturated heterocycles. The van der Waals surface area contributed by atoms with E-state index in [4.69, 9.17) is 16.3 Å². The van der Waals surface area contributed by atoms with Gasteiger partial charge in [0.1, 0.15) is 5.75 Å². The molecule has 1 aliphatic carbocycles. The summed E-state index contributed by atoms with van der Waals surface area (Å²) in [5.74, 6) is 1.66. The van der Waals surface area contributed by atoms with E-state index in [9.17, 15) is 0 Å². The van der Waals surface area contributed by atoms with E-state index in [-0.39, 0.29) is 0 Å². The maximum atomic E-state index is 6.37. The fourth-order valence-corrected chi connectivity index (χ4v) is 2.42. The molecular formula is C13H17ClO. The molecule has 1 aromatic rings. The molecule has 0 N–H and O–H groups in total. The van der Waals surface area contributed by atoms with Crippen LogP contribution in [-0.2, 0) is 6.42 Å². The second-order valence-corrected chi connectivity index (χ2v) is 4.82. The van der Waals surface area contributed by atoms with E-state index in [2.05, 4.69) is 12.1 Å². The highest BCUT2D eigenvalue weighted by Gasteiger charge is 2.25. The number of hydrogen-bond donors (Lipinski definition) is 0. The zero-order valence-electron chi connectivity index (χ0n) is 9.08. The van der Waals surface area contributed by atoms with Crippen LogP contribution in [0, 0.1) is 5.92 Å². The summed E-state index contributed by atoms with van der Waals surface area (Å²) in [7, 11) is 1.70. The van der Waals surface area contributed by atoms with E-state index in [1.807, 2.05) is 12.1 Å². The average molecular weight is 225 g/mol. The molecule has 1 unspecified atom stereocenters. The Morgan fingerprint density at radius 2 is 2.27 bits per heavy atom. The van der Waals surface area contributed by atoms with Crippen LogP contribution in [0.15, 0.2) is 24.3 Å². The Kier molecular flexibility index (Phi) is 3.53. The Balaban J connectivity index is 1.96. The van der Waals surface area contributed by atoms with E-state index in [0.717, 1.165) is 18.1 Å². The minimum Gasteiger partial charge on any atom is -0.497 e. The van der Waals surface area contributed by atoms with Crippen molar-refractivity contribution in [2.75, 3.05) is 7.11 Å². The van der Waals surface area contributed by atoms with E-state index < -0.39 is 0 Å². The van der Waals surface area contributed by atoms with Gasteiger partial charge >= 0.3 is 0 Å². The second-order valence-electron chi connectivity index (χ2n) is 4.26. The number of alkyl halides is 1. The van der Waals surface area contributed by atoms with Gasteiger partial charge in [-0.05, 0) is 42.9 Å². The molecule has 0 aromatic heterocycles. The molecule has 0 spiro atoms. The maximum absolute atomic E-state index is 6.37. The van der Waals surface area contributed by atoms with Gasteiger partial charge < -0.3 is 4.74 Å². The highest BCUT2D eigenvalue weighted by atomic mass is 35.5. The third-order valence-corrected chi connectivity index (χ3v) is 3.74. The molecule has 0 radical (unpaired) electrons. The molecule has 1 nitrogen and oxygen atoms in total. The number of rotatable bonds is 4. The molecule has 0 amide bonds. The van der Waals surface area contributed by atoms with Gasteiger partial charge in [-0.2, -0.15) is 0 Å². The van der Waals surface area contributed by atoms with Gasteiger partial charge in [0.2, 0.25) is 0 Å². The monoisotopic (exact) mass is 224 g/mol. The lowest BCUT2D eigenvalue weighted by atomic mass is 9.81. The van der Waals surface area contributed by atoms with Gasteiger partial charge in [-0.25, -0.2) is 0 Å². The zero-order valence-corrected chi connectivity index (χ0v) is 9.83. The van der Waals surface area contributed by atoms with Crippen LogP contribution < -0.4 is 4.74 Å². The molecule has 82 valence electrons. The fraction of sp³-hybridized carbons (Fsp3) is 0.538. The summed E-state index contributed by atoms with van der Waals surface area (Å²) in [4.78, 5) is 0. The zero-order chi connectivity index (χ0) is 10.7. The molecule has 1 atom stereocenters. The standard InChI is InChI=1S/C13H17ClO/c1-15-12-7-2-4-10(8-12)9-13(14)11-5-3-6-11/h2,4,7-8,11,13H,3,5-6,9H2,1H3. The molecule has 1 fully saturated rings. The molecule has 15 heavy (non-hydrogen) atoms. The topological polar surface area (TPSA) is 9.23 Å². The molecule has 1 aliphatic rings. The van der Waals surface area contributed by atoms with Gasteiger partial charge in [0.15, 0.2) is 0 Å². The average Bonchev–Trinajstić information content (AvgIpc) is 2.15. The summed E-state index contributed by atoms with van der Waals surface area (Å²) >= 11 is 6.37. The lowest BCUT2D eigenvalue weighted by molar-refractivity contribution is 0.301. The Morgan fingerprint density at radius 3 is 2.87 bits per heavy atom. The van der Waals surface area contributed by atoms with Gasteiger partial charge in [0, 0.05) is 5.38 Å². The van der Waals surface area contributed by atoms with Crippen molar-refractivity contribution >= 4 is 11.6 Å². The van der Waals surface area contributed by atoms with E-state index in [1.165, 1.54) is 24.8 Å². The lowest BCUT2D eigenvalue weighted by Gasteiger charge is -2.29. The largest absolute Gasteiger partial charge is 0.497 e. The van der Waals surface area contributed by atoms with Gasteiger partial charge in [-0.3, -0.25) is 0 Å². The Bertz CT molecular complexity index is 320. The molecule has 1 aromatic carbocycles. The first-order chi connectivity index (χ1) is 7.29. The lowest BCUT2D eigenvalue weighted by Crippen LogP contribution is -2.24. The van der Waals surface area contributed by atoms with E-state index in [1.54, 1.807) is 7.11 Å². The van der Waals surface area contributed by atoms with Crippen LogP contribution in [0.2, 0.25) is 0 Å².